The number of anilines is 1. The van der Waals surface area contributed by atoms with Gasteiger partial charge in [-0.05, 0) is 32.0 Å². The van der Waals surface area contributed by atoms with Crippen LogP contribution in [0.5, 0.6) is 0 Å². The molecule has 6 nitrogen and oxygen atoms in total. The number of likely N-dealkylation sites (N-methyl/N-ethyl adjacent to an activating group) is 2. The third kappa shape index (κ3) is 4.77. The van der Waals surface area contributed by atoms with Crippen LogP contribution >= 0.6 is 11.6 Å². The number of rotatable bonds is 7. The Morgan fingerprint density at radius 3 is 2.89 bits per heavy atom. The van der Waals surface area contributed by atoms with Crippen molar-refractivity contribution in [2.75, 3.05) is 58.3 Å². The molecule has 2 heterocycles. The van der Waals surface area contributed by atoms with Crippen LogP contribution in [0.2, 0.25) is 5.02 Å². The normalized spacial score (nSPS) is 15.2. The Morgan fingerprint density at radius 1 is 1.41 bits per heavy atom. The molecule has 0 unspecified atom stereocenters. The summed E-state index contributed by atoms with van der Waals surface area (Å²) in [5, 5.41) is 8.19. The number of aromatic nitrogens is 1. The first-order valence-corrected chi connectivity index (χ1v) is 9.60. The zero-order valence-electron chi connectivity index (χ0n) is 16.0. The van der Waals surface area contributed by atoms with Crippen LogP contribution in [0.25, 0.3) is 16.6 Å². The fourth-order valence-corrected chi connectivity index (χ4v) is 3.45. The average Bonchev–Trinajstić information content (AvgIpc) is 2.70. The van der Waals surface area contributed by atoms with Gasteiger partial charge in [-0.25, -0.2) is 4.98 Å². The third-order valence-electron chi connectivity index (χ3n) is 4.69. The molecular weight excluding hydrogens is 360 g/mol. The first kappa shape index (κ1) is 19.6. The van der Waals surface area contributed by atoms with Crippen LogP contribution in [0.1, 0.15) is 5.56 Å². The predicted molar refractivity (Wildman–Crippen MR) is 116 cm³/mol. The molecule has 1 aromatic heterocycles. The Hall–Kier alpha value is -2.15. The van der Waals surface area contributed by atoms with Gasteiger partial charge in [0.15, 0.2) is 0 Å². The Kier molecular flexibility index (Phi) is 6.66. The van der Waals surface area contributed by atoms with Gasteiger partial charge in [-0.1, -0.05) is 17.7 Å². The predicted octanol–water partition coefficient (Wildman–Crippen LogP) is 2.45. The highest BCUT2D eigenvalue weighted by Gasteiger charge is 2.16. The van der Waals surface area contributed by atoms with Gasteiger partial charge in [0, 0.05) is 63.5 Å². The topological polar surface area (TPSA) is 55.8 Å². The van der Waals surface area contributed by atoms with Crippen molar-refractivity contribution in [3.8, 4) is 0 Å². The van der Waals surface area contributed by atoms with E-state index in [4.69, 9.17) is 16.6 Å². The van der Waals surface area contributed by atoms with Crippen molar-refractivity contribution in [1.29, 1.82) is 0 Å². The molecule has 2 aromatic rings. The van der Waals surface area contributed by atoms with E-state index in [0.29, 0.717) is 5.02 Å². The lowest BCUT2D eigenvalue weighted by Gasteiger charge is -2.29. The maximum atomic E-state index is 6.55. The van der Waals surface area contributed by atoms with E-state index in [2.05, 4.69) is 38.2 Å². The minimum atomic E-state index is 0.685. The van der Waals surface area contributed by atoms with Crippen LogP contribution in [-0.4, -0.2) is 70.0 Å². The standard InChI is InChI=1S/C20H27ClN6/c1-22-6-9-26(3)14-19(23-2)15-4-5-18-16(12-15)13-17(21)20(25-18)27-10-7-24-8-11-27/h4-5,12-14,22,24H,2,6-11H2,1,3H3/b19-14-. The van der Waals surface area contributed by atoms with Gasteiger partial charge < -0.3 is 20.4 Å². The maximum absolute atomic E-state index is 6.55. The zero-order valence-corrected chi connectivity index (χ0v) is 16.8. The molecule has 0 atom stereocenters. The second kappa shape index (κ2) is 9.17. The van der Waals surface area contributed by atoms with Gasteiger partial charge in [0.25, 0.3) is 0 Å². The average molecular weight is 387 g/mol. The molecular formula is C20H27ClN6. The lowest BCUT2D eigenvalue weighted by Crippen LogP contribution is -2.44. The molecule has 0 aliphatic carbocycles. The molecule has 1 aliphatic rings. The Balaban J connectivity index is 1.90. The molecule has 0 bridgehead atoms. The van der Waals surface area contributed by atoms with Gasteiger partial charge in [0.2, 0.25) is 0 Å². The molecule has 3 rings (SSSR count). The molecule has 1 aromatic carbocycles. The summed E-state index contributed by atoms with van der Waals surface area (Å²) in [7, 11) is 3.97. The largest absolute Gasteiger partial charge is 0.377 e. The van der Waals surface area contributed by atoms with Crippen LogP contribution in [-0.2, 0) is 0 Å². The van der Waals surface area contributed by atoms with E-state index in [0.717, 1.165) is 67.2 Å². The molecule has 0 spiro atoms. The third-order valence-corrected chi connectivity index (χ3v) is 4.97. The number of hydrogen-bond donors (Lipinski definition) is 2. The van der Waals surface area contributed by atoms with Crippen molar-refractivity contribution >= 4 is 40.7 Å². The van der Waals surface area contributed by atoms with Gasteiger partial charge >= 0.3 is 0 Å². The van der Waals surface area contributed by atoms with Crippen molar-refractivity contribution in [3.63, 3.8) is 0 Å². The lowest BCUT2D eigenvalue weighted by molar-refractivity contribution is 0.452. The van der Waals surface area contributed by atoms with Crippen LogP contribution in [0.3, 0.4) is 0 Å². The van der Waals surface area contributed by atoms with Gasteiger partial charge in [-0.15, -0.1) is 0 Å². The molecule has 1 fully saturated rings. The summed E-state index contributed by atoms with van der Waals surface area (Å²) < 4.78 is 0. The second-order valence-electron chi connectivity index (χ2n) is 6.69. The van der Waals surface area contributed by atoms with E-state index in [-0.39, 0.29) is 0 Å². The molecule has 0 radical (unpaired) electrons. The first-order valence-electron chi connectivity index (χ1n) is 9.22. The molecule has 1 aliphatic heterocycles. The summed E-state index contributed by atoms with van der Waals surface area (Å²) in [6.45, 7) is 9.27. The summed E-state index contributed by atoms with van der Waals surface area (Å²) in [6.07, 6.45) is 2.01. The molecule has 0 saturated carbocycles. The molecule has 144 valence electrons. The Morgan fingerprint density at radius 2 is 2.19 bits per heavy atom. The van der Waals surface area contributed by atoms with Crippen LogP contribution < -0.4 is 15.5 Å². The second-order valence-corrected chi connectivity index (χ2v) is 7.10. The molecule has 1 saturated heterocycles. The van der Waals surface area contributed by atoms with E-state index in [1.807, 2.05) is 38.5 Å². The summed E-state index contributed by atoms with van der Waals surface area (Å²) in [5.41, 5.74) is 2.77. The van der Waals surface area contributed by atoms with Crippen LogP contribution in [0, 0.1) is 0 Å². The van der Waals surface area contributed by atoms with Gasteiger partial charge in [0.05, 0.1) is 16.2 Å². The van der Waals surface area contributed by atoms with E-state index in [9.17, 15) is 0 Å². The molecule has 7 heteroatoms. The number of nitrogens with one attached hydrogen (secondary N) is 2. The van der Waals surface area contributed by atoms with E-state index in [1.54, 1.807) is 0 Å². The molecule has 27 heavy (non-hydrogen) atoms. The number of benzene rings is 1. The van der Waals surface area contributed by atoms with Crippen molar-refractivity contribution in [2.45, 2.75) is 0 Å². The number of fused-ring (bicyclic) bond motifs is 1. The summed E-state index contributed by atoms with van der Waals surface area (Å²) in [4.78, 5) is 13.4. The minimum absolute atomic E-state index is 0.685. The van der Waals surface area contributed by atoms with E-state index >= 15 is 0 Å². The van der Waals surface area contributed by atoms with E-state index < -0.39 is 0 Å². The quantitative estimate of drug-likeness (QED) is 0.716. The highest BCUT2D eigenvalue weighted by Crippen LogP contribution is 2.30. The number of piperazine rings is 1. The first-order chi connectivity index (χ1) is 13.1. The Labute approximate surface area is 165 Å². The van der Waals surface area contributed by atoms with Crippen molar-refractivity contribution in [1.82, 2.24) is 20.5 Å². The summed E-state index contributed by atoms with van der Waals surface area (Å²) >= 11 is 6.55. The highest BCUT2D eigenvalue weighted by molar-refractivity contribution is 6.33. The van der Waals surface area contributed by atoms with E-state index in [1.165, 1.54) is 0 Å². The minimum Gasteiger partial charge on any atom is -0.377 e. The van der Waals surface area contributed by atoms with Gasteiger partial charge in [-0.3, -0.25) is 4.99 Å². The van der Waals surface area contributed by atoms with Crippen molar-refractivity contribution in [2.24, 2.45) is 4.99 Å². The summed E-state index contributed by atoms with van der Waals surface area (Å²) in [6, 6.07) is 8.13. The Bertz CT molecular complexity index is 829. The number of hydrogen-bond acceptors (Lipinski definition) is 6. The molecule has 2 N–H and O–H groups in total. The maximum Gasteiger partial charge on any atom is 0.148 e. The SMILES string of the molecule is C=N/C(=C\N(C)CCNC)c1ccc2nc(N3CCNCC3)c(Cl)cc2c1. The number of nitrogens with zero attached hydrogens (tertiary/aromatic N) is 4. The highest BCUT2D eigenvalue weighted by atomic mass is 35.5. The van der Waals surface area contributed by atoms with Crippen molar-refractivity contribution in [3.05, 3.63) is 41.1 Å². The smallest absolute Gasteiger partial charge is 0.148 e. The number of aliphatic imine (C=N–C) groups is 1. The van der Waals surface area contributed by atoms with Gasteiger partial charge in [-0.2, -0.15) is 0 Å². The lowest BCUT2D eigenvalue weighted by atomic mass is 10.1. The molecule has 0 amide bonds. The number of pyridine rings is 1. The fraction of sp³-hybridized carbons (Fsp3) is 0.400. The summed E-state index contributed by atoms with van der Waals surface area (Å²) in [5.74, 6) is 0.864. The number of halogens is 1. The van der Waals surface area contributed by atoms with Crippen LogP contribution in [0.15, 0.2) is 35.5 Å². The van der Waals surface area contributed by atoms with Crippen LogP contribution in [0.4, 0.5) is 5.82 Å². The van der Waals surface area contributed by atoms with Crippen molar-refractivity contribution < 1.29 is 0 Å². The van der Waals surface area contributed by atoms with Gasteiger partial charge in [0.1, 0.15) is 5.82 Å². The fourth-order valence-electron chi connectivity index (χ4n) is 3.17. The zero-order chi connectivity index (χ0) is 19.2. The monoisotopic (exact) mass is 386 g/mol.